The number of likely N-dealkylation sites (tertiary alicyclic amines) is 1. The number of aryl methyl sites for hydroxylation is 2. The van der Waals surface area contributed by atoms with Crippen molar-refractivity contribution in [1.82, 2.24) is 19.7 Å². The first-order valence-electron chi connectivity index (χ1n) is 14.5. The lowest BCUT2D eigenvalue weighted by Gasteiger charge is -2.33. The van der Waals surface area contributed by atoms with Crippen molar-refractivity contribution in [2.24, 2.45) is 11.8 Å². The fraction of sp³-hybridized carbons (Fsp3) is 0.484. The van der Waals surface area contributed by atoms with E-state index < -0.39 is 10.0 Å². The Bertz CT molecular complexity index is 1420. The lowest BCUT2D eigenvalue weighted by molar-refractivity contribution is -0.126. The average Bonchev–Trinajstić information content (AvgIpc) is 3.65. The molecule has 0 radical (unpaired) electrons. The Morgan fingerprint density at radius 3 is 2.46 bits per heavy atom. The molecule has 4 heterocycles. The number of piperidine rings is 2. The van der Waals surface area contributed by atoms with Gasteiger partial charge in [0.1, 0.15) is 5.69 Å². The Kier molecular flexibility index (Phi) is 9.75. The van der Waals surface area contributed by atoms with Gasteiger partial charge >= 0.3 is 0 Å². The first-order chi connectivity index (χ1) is 19.8. The molecule has 0 unspecified atom stereocenters. The molecule has 8 nitrogen and oxygen atoms in total. The van der Waals surface area contributed by atoms with E-state index in [1.54, 1.807) is 13.0 Å². The van der Waals surface area contributed by atoms with E-state index >= 15 is 0 Å². The predicted octanol–water partition coefficient (Wildman–Crippen LogP) is 4.99. The van der Waals surface area contributed by atoms with E-state index in [1.165, 1.54) is 9.18 Å². The molecule has 0 spiro atoms. The molecule has 220 valence electrons. The predicted molar refractivity (Wildman–Crippen MR) is 163 cm³/mol. The maximum absolute atomic E-state index is 13.6. The van der Waals surface area contributed by atoms with E-state index in [9.17, 15) is 13.2 Å². The third-order valence-electron chi connectivity index (χ3n) is 8.29. The van der Waals surface area contributed by atoms with Crippen molar-refractivity contribution in [3.05, 3.63) is 69.2 Å². The number of sulfonamides is 1. The molecule has 0 atom stereocenters. The molecule has 1 N–H and O–H groups in total. The number of benzene rings is 1. The van der Waals surface area contributed by atoms with Crippen LogP contribution in [0.5, 0.6) is 0 Å². The molecule has 3 aromatic rings. The second-order valence-electron chi connectivity index (χ2n) is 11.2. The van der Waals surface area contributed by atoms with Gasteiger partial charge in [0.15, 0.2) is 10.7 Å². The molecule has 2 aliphatic heterocycles. The minimum Gasteiger partial charge on any atom is -0.356 e. The van der Waals surface area contributed by atoms with E-state index in [0.717, 1.165) is 50.0 Å². The quantitative estimate of drug-likeness (QED) is 0.354. The van der Waals surface area contributed by atoms with Crippen LogP contribution >= 0.6 is 11.3 Å². The number of hydrogen-bond donors (Lipinski definition) is 1. The van der Waals surface area contributed by atoms with Gasteiger partial charge in [-0.05, 0) is 88.0 Å². The van der Waals surface area contributed by atoms with Gasteiger partial charge in [-0.1, -0.05) is 47.1 Å². The molecule has 5 rings (SSSR count). The minimum absolute atomic E-state index is 0.0463. The summed E-state index contributed by atoms with van der Waals surface area (Å²) in [6.45, 7) is 8.22. The fourth-order valence-corrected chi connectivity index (χ4v) is 8.08. The summed E-state index contributed by atoms with van der Waals surface area (Å²) >= 11 is 1.82. The standard InChI is InChI=1S/C31H40N4O4S2/c1-23-5-7-25(8-6-23)9-10-29-30(24(2)33-39-29)41(37,38)35-19-13-27(14-20-35)31(36)32-22-26-11-16-34(17-12-26)18-15-28-4-3-21-40-28/h3-10,21,26-27H,11-20,22H2,1-2H3,(H,32,36)/b10-9+. The van der Waals surface area contributed by atoms with Crippen LogP contribution in [-0.2, 0) is 21.2 Å². The van der Waals surface area contributed by atoms with Crippen LogP contribution in [-0.4, -0.2) is 68.0 Å². The molecule has 41 heavy (non-hydrogen) atoms. The van der Waals surface area contributed by atoms with Crippen LogP contribution in [0.1, 0.15) is 53.1 Å². The van der Waals surface area contributed by atoms with Crippen molar-refractivity contribution in [2.45, 2.75) is 50.8 Å². The second-order valence-corrected chi connectivity index (χ2v) is 14.2. The zero-order chi connectivity index (χ0) is 28.8. The lowest BCUT2D eigenvalue weighted by Crippen LogP contribution is -2.45. The summed E-state index contributed by atoms with van der Waals surface area (Å²) in [4.78, 5) is 17.0. The number of nitrogens with one attached hydrogen (secondary N) is 1. The van der Waals surface area contributed by atoms with Gasteiger partial charge in [0.05, 0.1) is 0 Å². The van der Waals surface area contributed by atoms with Gasteiger partial charge in [-0.2, -0.15) is 4.31 Å². The normalized spacial score (nSPS) is 18.3. The highest BCUT2D eigenvalue weighted by molar-refractivity contribution is 7.89. The minimum atomic E-state index is -3.80. The number of carbonyl (C=O) groups excluding carboxylic acids is 1. The number of carbonyl (C=O) groups is 1. The first-order valence-corrected chi connectivity index (χ1v) is 16.8. The van der Waals surface area contributed by atoms with Gasteiger partial charge in [0.2, 0.25) is 15.9 Å². The zero-order valence-corrected chi connectivity index (χ0v) is 25.6. The number of rotatable bonds is 10. The summed E-state index contributed by atoms with van der Waals surface area (Å²) in [6.07, 6.45) is 7.79. The summed E-state index contributed by atoms with van der Waals surface area (Å²) in [7, 11) is -3.80. The van der Waals surface area contributed by atoms with E-state index in [-0.39, 0.29) is 22.5 Å². The molecule has 1 aromatic carbocycles. The van der Waals surface area contributed by atoms with Crippen LogP contribution < -0.4 is 5.32 Å². The first kappa shape index (κ1) is 29.7. The number of hydrogen-bond acceptors (Lipinski definition) is 7. The Hall–Kier alpha value is -2.79. The number of amides is 1. The summed E-state index contributed by atoms with van der Waals surface area (Å²) < 4.78 is 34.0. The van der Waals surface area contributed by atoms with Crippen molar-refractivity contribution in [1.29, 1.82) is 0 Å². The van der Waals surface area contributed by atoms with Crippen molar-refractivity contribution >= 4 is 39.4 Å². The van der Waals surface area contributed by atoms with Gasteiger partial charge in [-0.25, -0.2) is 8.42 Å². The van der Waals surface area contributed by atoms with Crippen molar-refractivity contribution in [3.63, 3.8) is 0 Å². The molecule has 0 aliphatic carbocycles. The van der Waals surface area contributed by atoms with E-state index in [1.807, 2.05) is 48.6 Å². The van der Waals surface area contributed by atoms with Crippen molar-refractivity contribution < 1.29 is 17.7 Å². The van der Waals surface area contributed by atoms with Gasteiger partial charge in [0, 0.05) is 37.0 Å². The highest BCUT2D eigenvalue weighted by atomic mass is 32.2. The van der Waals surface area contributed by atoms with Gasteiger partial charge in [-0.3, -0.25) is 4.79 Å². The Morgan fingerprint density at radius 2 is 1.78 bits per heavy atom. The number of thiophene rings is 1. The molecule has 0 saturated carbocycles. The molecule has 2 aliphatic rings. The topological polar surface area (TPSA) is 95.8 Å². The summed E-state index contributed by atoms with van der Waals surface area (Å²) in [5.41, 5.74) is 2.44. The molecule has 1 amide bonds. The van der Waals surface area contributed by atoms with Gasteiger partial charge < -0.3 is 14.7 Å². The SMILES string of the molecule is Cc1ccc(/C=C/c2onc(C)c2S(=O)(=O)N2CCC(C(=O)NCC3CCN(CCc4cccs4)CC3)CC2)cc1. The Balaban J connectivity index is 1.08. The van der Waals surface area contributed by atoms with Crippen molar-refractivity contribution in [3.8, 4) is 0 Å². The Labute approximate surface area is 247 Å². The zero-order valence-electron chi connectivity index (χ0n) is 23.9. The van der Waals surface area contributed by atoms with Crippen LogP contribution in [0.2, 0.25) is 0 Å². The van der Waals surface area contributed by atoms with E-state index in [2.05, 4.69) is 32.9 Å². The molecule has 2 aromatic heterocycles. The Morgan fingerprint density at radius 1 is 1.05 bits per heavy atom. The fourth-order valence-electron chi connectivity index (χ4n) is 5.66. The van der Waals surface area contributed by atoms with Gasteiger partial charge in [0.25, 0.3) is 0 Å². The van der Waals surface area contributed by atoms with Crippen LogP contribution in [0.25, 0.3) is 12.2 Å². The highest BCUT2D eigenvalue weighted by Crippen LogP contribution is 2.29. The third-order valence-corrected chi connectivity index (χ3v) is 11.3. The number of nitrogens with zero attached hydrogens (tertiary/aromatic N) is 3. The monoisotopic (exact) mass is 596 g/mol. The third kappa shape index (κ3) is 7.54. The molecular formula is C31H40N4O4S2. The summed E-state index contributed by atoms with van der Waals surface area (Å²) in [5.74, 6) is 0.600. The van der Waals surface area contributed by atoms with Gasteiger partial charge in [-0.15, -0.1) is 11.3 Å². The summed E-state index contributed by atoms with van der Waals surface area (Å²) in [6, 6.07) is 12.2. The van der Waals surface area contributed by atoms with Crippen LogP contribution in [0.4, 0.5) is 0 Å². The summed E-state index contributed by atoms with van der Waals surface area (Å²) in [5, 5.41) is 9.24. The largest absolute Gasteiger partial charge is 0.356 e. The lowest BCUT2D eigenvalue weighted by atomic mass is 9.94. The van der Waals surface area contributed by atoms with Crippen LogP contribution in [0.15, 0.2) is 51.2 Å². The molecule has 0 bridgehead atoms. The average molecular weight is 597 g/mol. The molecular weight excluding hydrogens is 556 g/mol. The molecule has 2 saturated heterocycles. The maximum Gasteiger partial charge on any atom is 0.248 e. The second kappa shape index (κ2) is 13.5. The highest BCUT2D eigenvalue weighted by Gasteiger charge is 2.36. The van der Waals surface area contributed by atoms with E-state index in [4.69, 9.17) is 4.52 Å². The van der Waals surface area contributed by atoms with Crippen LogP contribution in [0, 0.1) is 25.7 Å². The maximum atomic E-state index is 13.6. The molecule has 10 heteroatoms. The van der Waals surface area contributed by atoms with E-state index in [0.29, 0.717) is 44.1 Å². The smallest absolute Gasteiger partial charge is 0.248 e. The van der Waals surface area contributed by atoms with Crippen LogP contribution in [0.3, 0.4) is 0 Å². The van der Waals surface area contributed by atoms with Crippen molar-refractivity contribution in [2.75, 3.05) is 39.3 Å². The molecule has 2 fully saturated rings. The number of aromatic nitrogens is 1.